The van der Waals surface area contributed by atoms with Crippen molar-refractivity contribution >= 4 is 5.91 Å². The van der Waals surface area contributed by atoms with Gasteiger partial charge < -0.3 is 14.8 Å². The highest BCUT2D eigenvalue weighted by molar-refractivity contribution is 5.77. The molecule has 0 aliphatic heterocycles. The number of ether oxygens (including phenoxy) is 2. The summed E-state index contributed by atoms with van der Waals surface area (Å²) in [6.07, 6.45) is 1.54. The van der Waals surface area contributed by atoms with E-state index in [-0.39, 0.29) is 18.3 Å². The van der Waals surface area contributed by atoms with Crippen LogP contribution in [-0.2, 0) is 11.2 Å². The molecule has 0 aliphatic carbocycles. The van der Waals surface area contributed by atoms with Gasteiger partial charge in [-0.05, 0) is 42.7 Å². The van der Waals surface area contributed by atoms with E-state index in [0.717, 1.165) is 12.0 Å². The van der Waals surface area contributed by atoms with Crippen LogP contribution < -0.4 is 14.8 Å². The molecule has 0 saturated carbocycles. The summed E-state index contributed by atoms with van der Waals surface area (Å²) < 4.78 is 23.9. The minimum atomic E-state index is -0.264. The van der Waals surface area contributed by atoms with E-state index in [2.05, 4.69) is 5.32 Å². The Morgan fingerprint density at radius 1 is 1.04 bits per heavy atom. The summed E-state index contributed by atoms with van der Waals surface area (Å²) in [6, 6.07) is 13.5. The molecule has 0 radical (unpaired) electrons. The third kappa shape index (κ3) is 5.91. The predicted octanol–water partition coefficient (Wildman–Crippen LogP) is 3.35. The van der Waals surface area contributed by atoms with Crippen LogP contribution in [0, 0.1) is 5.82 Å². The number of hydrogen-bond donors (Lipinski definition) is 1. The van der Waals surface area contributed by atoms with Gasteiger partial charge in [0, 0.05) is 6.54 Å². The first-order valence-corrected chi connectivity index (χ1v) is 8.05. The Morgan fingerprint density at radius 2 is 1.71 bits per heavy atom. The van der Waals surface area contributed by atoms with Crippen molar-refractivity contribution in [2.45, 2.75) is 19.8 Å². The van der Waals surface area contributed by atoms with Crippen molar-refractivity contribution < 1.29 is 18.7 Å². The Hall–Kier alpha value is -2.56. The second-order valence-corrected chi connectivity index (χ2v) is 5.31. The highest BCUT2D eigenvalue weighted by atomic mass is 19.1. The van der Waals surface area contributed by atoms with E-state index in [1.165, 1.54) is 12.1 Å². The average molecular weight is 331 g/mol. The van der Waals surface area contributed by atoms with E-state index in [9.17, 15) is 9.18 Å². The predicted molar refractivity (Wildman–Crippen MR) is 90.8 cm³/mol. The minimum absolute atomic E-state index is 0.0735. The van der Waals surface area contributed by atoms with Crippen LogP contribution in [0.5, 0.6) is 11.5 Å². The van der Waals surface area contributed by atoms with Crippen LogP contribution in [0.4, 0.5) is 4.39 Å². The maximum absolute atomic E-state index is 12.8. The maximum atomic E-state index is 12.8. The Morgan fingerprint density at radius 3 is 2.38 bits per heavy atom. The monoisotopic (exact) mass is 331 g/mol. The van der Waals surface area contributed by atoms with Crippen molar-refractivity contribution in [2.24, 2.45) is 0 Å². The van der Waals surface area contributed by atoms with Gasteiger partial charge in [-0.1, -0.05) is 31.2 Å². The SMILES string of the molecule is CCCOc1ccccc1OCC(=O)NCCc1ccc(F)cc1. The van der Waals surface area contributed by atoms with Crippen molar-refractivity contribution in [1.29, 1.82) is 0 Å². The van der Waals surface area contributed by atoms with Crippen LogP contribution in [0.25, 0.3) is 0 Å². The van der Waals surface area contributed by atoms with Gasteiger partial charge in [0.1, 0.15) is 5.82 Å². The van der Waals surface area contributed by atoms with Gasteiger partial charge in [-0.2, -0.15) is 0 Å². The van der Waals surface area contributed by atoms with E-state index in [1.54, 1.807) is 18.2 Å². The van der Waals surface area contributed by atoms with Crippen molar-refractivity contribution in [2.75, 3.05) is 19.8 Å². The molecule has 2 aromatic rings. The van der Waals surface area contributed by atoms with Crippen molar-refractivity contribution in [1.82, 2.24) is 5.32 Å². The van der Waals surface area contributed by atoms with E-state index in [0.29, 0.717) is 31.1 Å². The molecule has 1 N–H and O–H groups in total. The molecule has 0 heterocycles. The fraction of sp³-hybridized carbons (Fsp3) is 0.316. The molecule has 5 heteroatoms. The van der Waals surface area contributed by atoms with E-state index >= 15 is 0 Å². The molecule has 2 rings (SSSR count). The lowest BCUT2D eigenvalue weighted by Crippen LogP contribution is -2.30. The fourth-order valence-electron chi connectivity index (χ4n) is 2.09. The molecule has 128 valence electrons. The molecular formula is C19H22FNO3. The quantitative estimate of drug-likeness (QED) is 0.766. The van der Waals surface area contributed by atoms with Crippen LogP contribution in [0.2, 0.25) is 0 Å². The Balaban J connectivity index is 1.74. The topological polar surface area (TPSA) is 47.6 Å². The molecule has 0 bridgehead atoms. The summed E-state index contributed by atoms with van der Waals surface area (Å²) in [4.78, 5) is 11.8. The van der Waals surface area contributed by atoms with Gasteiger partial charge in [-0.15, -0.1) is 0 Å². The standard InChI is InChI=1S/C19H22FNO3/c1-2-13-23-17-5-3-4-6-18(17)24-14-19(22)21-12-11-15-7-9-16(20)10-8-15/h3-10H,2,11-14H2,1H3,(H,21,22). The summed E-state index contributed by atoms with van der Waals surface area (Å²) in [5, 5.41) is 2.78. The van der Waals surface area contributed by atoms with Gasteiger partial charge in [-0.25, -0.2) is 4.39 Å². The maximum Gasteiger partial charge on any atom is 0.257 e. The molecular weight excluding hydrogens is 309 g/mol. The zero-order valence-electron chi connectivity index (χ0n) is 13.8. The first-order chi connectivity index (χ1) is 11.7. The van der Waals surface area contributed by atoms with Gasteiger partial charge in [0.25, 0.3) is 5.91 Å². The summed E-state index contributed by atoms with van der Waals surface area (Å²) in [5.41, 5.74) is 0.968. The lowest BCUT2D eigenvalue weighted by molar-refractivity contribution is -0.123. The molecule has 2 aromatic carbocycles. The van der Waals surface area contributed by atoms with E-state index < -0.39 is 0 Å². The summed E-state index contributed by atoms with van der Waals surface area (Å²) in [6.45, 7) is 3.03. The molecule has 0 aromatic heterocycles. The van der Waals surface area contributed by atoms with Gasteiger partial charge in [0.2, 0.25) is 0 Å². The number of rotatable bonds is 9. The first kappa shape index (κ1) is 17.8. The normalized spacial score (nSPS) is 10.2. The van der Waals surface area contributed by atoms with Crippen molar-refractivity contribution in [3.8, 4) is 11.5 Å². The van der Waals surface area contributed by atoms with Gasteiger partial charge in [-0.3, -0.25) is 4.79 Å². The second-order valence-electron chi connectivity index (χ2n) is 5.31. The number of amides is 1. The van der Waals surface area contributed by atoms with Crippen LogP contribution in [0.3, 0.4) is 0 Å². The molecule has 0 saturated heterocycles. The van der Waals surface area contributed by atoms with Crippen molar-refractivity contribution in [3.05, 3.63) is 59.9 Å². The molecule has 24 heavy (non-hydrogen) atoms. The highest BCUT2D eigenvalue weighted by Crippen LogP contribution is 2.26. The third-order valence-electron chi connectivity index (χ3n) is 3.32. The Kier molecular flexibility index (Phi) is 7.08. The number of para-hydroxylation sites is 2. The number of halogens is 1. The van der Waals surface area contributed by atoms with E-state index in [4.69, 9.17) is 9.47 Å². The first-order valence-electron chi connectivity index (χ1n) is 8.05. The molecule has 4 nitrogen and oxygen atoms in total. The number of carbonyl (C=O) groups excluding carboxylic acids is 1. The number of benzene rings is 2. The highest BCUT2D eigenvalue weighted by Gasteiger charge is 2.07. The Bertz CT molecular complexity index is 643. The van der Waals surface area contributed by atoms with Crippen LogP contribution >= 0.6 is 0 Å². The number of carbonyl (C=O) groups is 1. The largest absolute Gasteiger partial charge is 0.490 e. The fourth-order valence-corrected chi connectivity index (χ4v) is 2.09. The third-order valence-corrected chi connectivity index (χ3v) is 3.32. The molecule has 0 atom stereocenters. The smallest absolute Gasteiger partial charge is 0.257 e. The molecule has 0 fully saturated rings. The second kappa shape index (κ2) is 9.55. The molecule has 1 amide bonds. The molecule has 0 aliphatic rings. The van der Waals surface area contributed by atoms with Gasteiger partial charge in [0.15, 0.2) is 18.1 Å². The lowest BCUT2D eigenvalue weighted by atomic mass is 10.1. The van der Waals surface area contributed by atoms with Gasteiger partial charge >= 0.3 is 0 Å². The molecule has 0 unspecified atom stereocenters. The van der Waals surface area contributed by atoms with Crippen molar-refractivity contribution in [3.63, 3.8) is 0 Å². The van der Waals surface area contributed by atoms with Crippen LogP contribution in [0.1, 0.15) is 18.9 Å². The summed E-state index contributed by atoms with van der Waals surface area (Å²) in [7, 11) is 0. The minimum Gasteiger partial charge on any atom is -0.490 e. The number of hydrogen-bond acceptors (Lipinski definition) is 3. The zero-order valence-corrected chi connectivity index (χ0v) is 13.8. The van der Waals surface area contributed by atoms with Gasteiger partial charge in [0.05, 0.1) is 6.61 Å². The van der Waals surface area contributed by atoms with E-state index in [1.807, 2.05) is 25.1 Å². The zero-order chi connectivity index (χ0) is 17.2. The Labute approximate surface area is 141 Å². The van der Waals surface area contributed by atoms with Crippen LogP contribution in [0.15, 0.2) is 48.5 Å². The average Bonchev–Trinajstić information content (AvgIpc) is 2.60. The molecule has 0 spiro atoms. The van der Waals surface area contributed by atoms with Crippen LogP contribution in [-0.4, -0.2) is 25.7 Å². The summed E-state index contributed by atoms with van der Waals surface area (Å²) >= 11 is 0. The summed E-state index contributed by atoms with van der Waals surface area (Å²) in [5.74, 6) is 0.723. The lowest BCUT2D eigenvalue weighted by Gasteiger charge is -2.12. The number of nitrogens with one attached hydrogen (secondary N) is 1.